The topological polar surface area (TPSA) is 12.0 Å². The summed E-state index contributed by atoms with van der Waals surface area (Å²) in [5.41, 5.74) is 0.719. The molecule has 1 N–H and O–H groups in total. The standard InChI is InChI=1S/C12H16FN/c1-3-4-9-14-10(2)11-7-5-6-8-12(11)13/h3-8,10,14H,9H2,1-2H3/b4-3+/t10-/m1/s1. The molecule has 0 aliphatic carbocycles. The van der Waals surface area contributed by atoms with E-state index in [9.17, 15) is 4.39 Å². The molecule has 0 aromatic heterocycles. The number of hydrogen-bond donors (Lipinski definition) is 1. The summed E-state index contributed by atoms with van der Waals surface area (Å²) in [6.45, 7) is 4.70. The largest absolute Gasteiger partial charge is 0.307 e. The second-order valence-electron chi connectivity index (χ2n) is 3.22. The third-order valence-electron chi connectivity index (χ3n) is 2.15. The Morgan fingerprint density at radius 3 is 2.79 bits per heavy atom. The molecule has 1 rings (SSSR count). The van der Waals surface area contributed by atoms with Gasteiger partial charge in [-0.25, -0.2) is 4.39 Å². The SMILES string of the molecule is C/C=C/CN[C@H](C)c1ccccc1F. The first-order valence-corrected chi connectivity index (χ1v) is 4.84. The summed E-state index contributed by atoms with van der Waals surface area (Å²) in [5, 5.41) is 3.21. The van der Waals surface area contributed by atoms with Crippen LogP contribution in [0.15, 0.2) is 36.4 Å². The zero-order chi connectivity index (χ0) is 10.4. The first kappa shape index (κ1) is 10.9. The lowest BCUT2D eigenvalue weighted by Crippen LogP contribution is -2.19. The van der Waals surface area contributed by atoms with Gasteiger partial charge >= 0.3 is 0 Å². The molecule has 1 aromatic carbocycles. The summed E-state index contributed by atoms with van der Waals surface area (Å²) in [6, 6.07) is 6.91. The van der Waals surface area contributed by atoms with Gasteiger partial charge in [0.05, 0.1) is 0 Å². The lowest BCUT2D eigenvalue weighted by atomic mass is 10.1. The van der Waals surface area contributed by atoms with E-state index in [1.165, 1.54) is 6.07 Å². The number of nitrogens with one attached hydrogen (secondary N) is 1. The van der Waals surface area contributed by atoms with E-state index in [0.717, 1.165) is 12.1 Å². The molecule has 1 nitrogen and oxygen atoms in total. The van der Waals surface area contributed by atoms with Gasteiger partial charge in [0.2, 0.25) is 0 Å². The fraction of sp³-hybridized carbons (Fsp3) is 0.333. The third-order valence-corrected chi connectivity index (χ3v) is 2.15. The van der Waals surface area contributed by atoms with Gasteiger partial charge in [0.25, 0.3) is 0 Å². The van der Waals surface area contributed by atoms with Crippen molar-refractivity contribution < 1.29 is 4.39 Å². The Bertz CT molecular complexity index is 307. The van der Waals surface area contributed by atoms with Gasteiger partial charge in [0.1, 0.15) is 5.82 Å². The fourth-order valence-corrected chi connectivity index (χ4v) is 1.30. The van der Waals surface area contributed by atoms with Crippen molar-refractivity contribution in [3.63, 3.8) is 0 Å². The minimum atomic E-state index is -0.145. The van der Waals surface area contributed by atoms with Gasteiger partial charge in [-0.2, -0.15) is 0 Å². The fourth-order valence-electron chi connectivity index (χ4n) is 1.30. The molecule has 0 aliphatic rings. The quantitative estimate of drug-likeness (QED) is 0.725. The predicted molar refractivity (Wildman–Crippen MR) is 57.6 cm³/mol. The van der Waals surface area contributed by atoms with Gasteiger partial charge in [0.15, 0.2) is 0 Å². The molecule has 1 aromatic rings. The van der Waals surface area contributed by atoms with E-state index in [2.05, 4.69) is 5.32 Å². The van der Waals surface area contributed by atoms with Gasteiger partial charge in [-0.1, -0.05) is 30.4 Å². The maximum atomic E-state index is 13.3. The van der Waals surface area contributed by atoms with Crippen molar-refractivity contribution in [2.75, 3.05) is 6.54 Å². The van der Waals surface area contributed by atoms with Crippen molar-refractivity contribution in [3.05, 3.63) is 47.8 Å². The van der Waals surface area contributed by atoms with E-state index < -0.39 is 0 Å². The molecular weight excluding hydrogens is 177 g/mol. The molecule has 0 amide bonds. The van der Waals surface area contributed by atoms with E-state index in [1.807, 2.05) is 38.1 Å². The zero-order valence-electron chi connectivity index (χ0n) is 8.63. The average molecular weight is 193 g/mol. The molecule has 0 heterocycles. The monoisotopic (exact) mass is 193 g/mol. The van der Waals surface area contributed by atoms with Crippen LogP contribution in [0.3, 0.4) is 0 Å². The maximum absolute atomic E-state index is 13.3. The van der Waals surface area contributed by atoms with Crippen LogP contribution in [0, 0.1) is 5.82 Å². The molecular formula is C12H16FN. The first-order chi connectivity index (χ1) is 6.75. The zero-order valence-corrected chi connectivity index (χ0v) is 8.63. The van der Waals surface area contributed by atoms with Crippen LogP contribution in [0.1, 0.15) is 25.5 Å². The van der Waals surface area contributed by atoms with E-state index in [-0.39, 0.29) is 11.9 Å². The lowest BCUT2D eigenvalue weighted by molar-refractivity contribution is 0.549. The molecule has 0 spiro atoms. The molecule has 0 radical (unpaired) electrons. The van der Waals surface area contributed by atoms with E-state index in [4.69, 9.17) is 0 Å². The number of rotatable bonds is 4. The highest BCUT2D eigenvalue weighted by atomic mass is 19.1. The Balaban J connectivity index is 2.60. The summed E-state index contributed by atoms with van der Waals surface area (Å²) in [6.07, 6.45) is 3.98. The Kier molecular flexibility index (Phi) is 4.33. The van der Waals surface area contributed by atoms with Crippen molar-refractivity contribution in [3.8, 4) is 0 Å². The molecule has 0 saturated carbocycles. The highest BCUT2D eigenvalue weighted by molar-refractivity contribution is 5.20. The van der Waals surface area contributed by atoms with Gasteiger partial charge in [0, 0.05) is 18.2 Å². The second-order valence-corrected chi connectivity index (χ2v) is 3.22. The van der Waals surface area contributed by atoms with Gasteiger partial charge in [-0.3, -0.25) is 0 Å². The van der Waals surface area contributed by atoms with Crippen LogP contribution in [-0.4, -0.2) is 6.54 Å². The highest BCUT2D eigenvalue weighted by Crippen LogP contribution is 2.15. The number of allylic oxidation sites excluding steroid dienone is 1. The van der Waals surface area contributed by atoms with Crippen LogP contribution in [0.2, 0.25) is 0 Å². The average Bonchev–Trinajstić information content (AvgIpc) is 2.18. The van der Waals surface area contributed by atoms with Crippen LogP contribution in [0.4, 0.5) is 4.39 Å². The van der Waals surface area contributed by atoms with Crippen molar-refractivity contribution >= 4 is 0 Å². The van der Waals surface area contributed by atoms with Crippen molar-refractivity contribution in [2.24, 2.45) is 0 Å². The van der Waals surface area contributed by atoms with E-state index >= 15 is 0 Å². The minimum Gasteiger partial charge on any atom is -0.307 e. The van der Waals surface area contributed by atoms with Crippen LogP contribution in [-0.2, 0) is 0 Å². The molecule has 76 valence electrons. The van der Waals surface area contributed by atoms with Crippen molar-refractivity contribution in [2.45, 2.75) is 19.9 Å². The summed E-state index contributed by atoms with van der Waals surface area (Å²) in [5.74, 6) is -0.145. The van der Waals surface area contributed by atoms with Gasteiger partial charge < -0.3 is 5.32 Å². The summed E-state index contributed by atoms with van der Waals surface area (Å²) < 4.78 is 13.3. The molecule has 1 atom stereocenters. The molecule has 0 unspecified atom stereocenters. The first-order valence-electron chi connectivity index (χ1n) is 4.84. The van der Waals surface area contributed by atoms with Crippen LogP contribution < -0.4 is 5.32 Å². The smallest absolute Gasteiger partial charge is 0.127 e. The van der Waals surface area contributed by atoms with Crippen molar-refractivity contribution in [1.29, 1.82) is 0 Å². The normalized spacial score (nSPS) is 13.4. The van der Waals surface area contributed by atoms with Crippen molar-refractivity contribution in [1.82, 2.24) is 5.32 Å². The number of hydrogen-bond acceptors (Lipinski definition) is 1. The van der Waals surface area contributed by atoms with Gasteiger partial charge in [-0.15, -0.1) is 0 Å². The summed E-state index contributed by atoms with van der Waals surface area (Å²) >= 11 is 0. The molecule has 2 heteroatoms. The summed E-state index contributed by atoms with van der Waals surface area (Å²) in [7, 11) is 0. The van der Waals surface area contributed by atoms with E-state index in [1.54, 1.807) is 6.07 Å². The molecule has 0 fully saturated rings. The molecule has 0 saturated heterocycles. The molecule has 14 heavy (non-hydrogen) atoms. The summed E-state index contributed by atoms with van der Waals surface area (Å²) in [4.78, 5) is 0. The Hall–Kier alpha value is -1.15. The Morgan fingerprint density at radius 2 is 2.14 bits per heavy atom. The molecule has 0 bridgehead atoms. The second kappa shape index (κ2) is 5.55. The lowest BCUT2D eigenvalue weighted by Gasteiger charge is -2.13. The Labute approximate surface area is 84.6 Å². The number of halogens is 1. The third kappa shape index (κ3) is 2.96. The predicted octanol–water partition coefficient (Wildman–Crippen LogP) is 3.05. The molecule has 0 aliphatic heterocycles. The number of benzene rings is 1. The Morgan fingerprint density at radius 1 is 1.43 bits per heavy atom. The minimum absolute atomic E-state index is 0.0485. The van der Waals surface area contributed by atoms with Crippen LogP contribution in [0.5, 0.6) is 0 Å². The highest BCUT2D eigenvalue weighted by Gasteiger charge is 2.07. The van der Waals surface area contributed by atoms with E-state index in [0.29, 0.717) is 0 Å². The van der Waals surface area contributed by atoms with Gasteiger partial charge in [-0.05, 0) is 19.9 Å². The van der Waals surface area contributed by atoms with Crippen LogP contribution >= 0.6 is 0 Å². The maximum Gasteiger partial charge on any atom is 0.127 e. The van der Waals surface area contributed by atoms with Crippen LogP contribution in [0.25, 0.3) is 0 Å².